The van der Waals surface area contributed by atoms with E-state index >= 15 is 0 Å². The zero-order valence-electron chi connectivity index (χ0n) is 20.6. The fraction of sp³-hybridized carbons (Fsp3) is 0. The number of halogens is 1. The highest BCUT2D eigenvalue weighted by Crippen LogP contribution is 2.37. The largest absolute Gasteiger partial charge is 0.309 e. The number of hydrogen-bond acceptors (Lipinski definition) is 1. The van der Waals surface area contributed by atoms with Gasteiger partial charge in [0.2, 0.25) is 0 Å². The van der Waals surface area contributed by atoms with Crippen LogP contribution in [0.3, 0.4) is 0 Å². The van der Waals surface area contributed by atoms with Gasteiger partial charge in [0.15, 0.2) is 0 Å². The molecular formula is C35H23BrN2. The molecule has 3 heteroatoms. The van der Waals surface area contributed by atoms with E-state index in [0.717, 1.165) is 38.2 Å². The van der Waals surface area contributed by atoms with Crippen molar-refractivity contribution in [1.29, 1.82) is 0 Å². The molecule has 0 aliphatic rings. The first-order chi connectivity index (χ1) is 18.8. The average molecular weight is 551 g/mol. The second-order valence-electron chi connectivity index (χ2n) is 9.40. The third kappa shape index (κ3) is 3.93. The van der Waals surface area contributed by atoms with Gasteiger partial charge in [0.1, 0.15) is 0 Å². The molecule has 180 valence electrons. The maximum Gasteiger partial charge on any atom is 0.0716 e. The van der Waals surface area contributed by atoms with Crippen molar-refractivity contribution in [2.75, 3.05) is 0 Å². The number of nitrogens with zero attached hydrogens (tertiary/aromatic N) is 2. The third-order valence-corrected chi connectivity index (χ3v) is 7.71. The number of hydrogen-bond donors (Lipinski definition) is 0. The summed E-state index contributed by atoms with van der Waals surface area (Å²) in [6.07, 6.45) is 0. The second-order valence-corrected chi connectivity index (χ2v) is 10.2. The Morgan fingerprint density at radius 1 is 0.474 bits per heavy atom. The predicted octanol–water partition coefficient (Wildman–Crippen LogP) is 9.94. The molecule has 0 aliphatic carbocycles. The van der Waals surface area contributed by atoms with Gasteiger partial charge in [-0.3, -0.25) is 0 Å². The highest BCUT2D eigenvalue weighted by molar-refractivity contribution is 9.10. The van der Waals surface area contributed by atoms with E-state index in [0.29, 0.717) is 0 Å². The lowest BCUT2D eigenvalue weighted by Gasteiger charge is -2.13. The van der Waals surface area contributed by atoms with Gasteiger partial charge in [-0.1, -0.05) is 113 Å². The van der Waals surface area contributed by atoms with Crippen LogP contribution in [0.4, 0.5) is 0 Å². The van der Waals surface area contributed by atoms with Crippen molar-refractivity contribution in [2.45, 2.75) is 0 Å². The van der Waals surface area contributed by atoms with Crippen molar-refractivity contribution >= 4 is 37.7 Å². The standard InChI is InChI=1S/C35H23BrN2/c36-30-18-10-20-34-35(30)29-17-7-8-19-33(29)38(34)28-16-9-15-26(21-28)32-23-27(24-11-3-1-4-12-24)22-31(37-32)25-13-5-2-6-14-25/h1-23H. The van der Waals surface area contributed by atoms with E-state index in [1.807, 2.05) is 6.07 Å². The Morgan fingerprint density at radius 2 is 1.08 bits per heavy atom. The van der Waals surface area contributed by atoms with E-state index in [-0.39, 0.29) is 0 Å². The molecule has 0 aliphatic heterocycles. The molecular weight excluding hydrogens is 528 g/mol. The molecule has 0 saturated carbocycles. The molecule has 7 rings (SSSR count). The monoisotopic (exact) mass is 550 g/mol. The molecule has 2 aromatic heterocycles. The summed E-state index contributed by atoms with van der Waals surface area (Å²) in [5.74, 6) is 0. The predicted molar refractivity (Wildman–Crippen MR) is 163 cm³/mol. The molecule has 0 fully saturated rings. The summed E-state index contributed by atoms with van der Waals surface area (Å²) in [4.78, 5) is 5.14. The second kappa shape index (κ2) is 9.44. The maximum absolute atomic E-state index is 5.14. The Balaban J connectivity index is 1.44. The SMILES string of the molecule is Brc1cccc2c1c1ccccc1n2-c1cccc(-c2cc(-c3ccccc3)cc(-c3ccccc3)n2)c1. The average Bonchev–Trinajstić information content (AvgIpc) is 3.33. The molecule has 0 N–H and O–H groups in total. The number of para-hydroxylation sites is 1. The molecule has 0 spiro atoms. The van der Waals surface area contributed by atoms with Crippen LogP contribution in [0.1, 0.15) is 0 Å². The lowest BCUT2D eigenvalue weighted by molar-refractivity contribution is 1.18. The highest BCUT2D eigenvalue weighted by Gasteiger charge is 2.15. The minimum atomic E-state index is 0.953. The molecule has 0 saturated heterocycles. The van der Waals surface area contributed by atoms with Crippen molar-refractivity contribution in [3.8, 4) is 39.3 Å². The number of pyridine rings is 1. The van der Waals surface area contributed by atoms with Gasteiger partial charge in [0.25, 0.3) is 0 Å². The summed E-state index contributed by atoms with van der Waals surface area (Å²) < 4.78 is 3.45. The molecule has 0 atom stereocenters. The zero-order valence-corrected chi connectivity index (χ0v) is 22.1. The summed E-state index contributed by atoms with van der Waals surface area (Å²) in [7, 11) is 0. The van der Waals surface area contributed by atoms with Crippen molar-refractivity contribution in [3.05, 3.63) is 144 Å². The Morgan fingerprint density at radius 3 is 1.87 bits per heavy atom. The van der Waals surface area contributed by atoms with Gasteiger partial charge in [-0.15, -0.1) is 0 Å². The molecule has 2 nitrogen and oxygen atoms in total. The molecule has 0 amide bonds. The van der Waals surface area contributed by atoms with Gasteiger partial charge in [-0.25, -0.2) is 4.98 Å². The van der Waals surface area contributed by atoms with Crippen LogP contribution in [-0.2, 0) is 0 Å². The topological polar surface area (TPSA) is 17.8 Å². The molecule has 0 unspecified atom stereocenters. The van der Waals surface area contributed by atoms with Gasteiger partial charge in [0, 0.05) is 32.1 Å². The Labute approximate surface area is 230 Å². The van der Waals surface area contributed by atoms with Crippen molar-refractivity contribution in [3.63, 3.8) is 0 Å². The number of fused-ring (bicyclic) bond motifs is 3. The number of aromatic nitrogens is 2. The smallest absolute Gasteiger partial charge is 0.0716 e. The van der Waals surface area contributed by atoms with Crippen LogP contribution in [0.25, 0.3) is 61.1 Å². The van der Waals surface area contributed by atoms with E-state index in [1.165, 1.54) is 27.4 Å². The Bertz CT molecular complexity index is 1860. The van der Waals surface area contributed by atoms with Gasteiger partial charge in [0.05, 0.1) is 22.4 Å². The fourth-order valence-corrected chi connectivity index (χ4v) is 5.86. The van der Waals surface area contributed by atoms with Crippen LogP contribution in [0, 0.1) is 0 Å². The highest BCUT2D eigenvalue weighted by atomic mass is 79.9. The molecule has 38 heavy (non-hydrogen) atoms. The van der Waals surface area contributed by atoms with E-state index in [2.05, 4.69) is 154 Å². The number of rotatable bonds is 4. The van der Waals surface area contributed by atoms with E-state index in [9.17, 15) is 0 Å². The lowest BCUT2D eigenvalue weighted by atomic mass is 10.00. The number of benzene rings is 5. The van der Waals surface area contributed by atoms with Crippen LogP contribution in [0.15, 0.2) is 144 Å². The van der Waals surface area contributed by atoms with Crippen LogP contribution in [0.2, 0.25) is 0 Å². The fourth-order valence-electron chi connectivity index (χ4n) is 5.29. The van der Waals surface area contributed by atoms with Crippen molar-refractivity contribution in [1.82, 2.24) is 9.55 Å². The summed E-state index contributed by atoms with van der Waals surface area (Å²) in [5, 5.41) is 2.46. The Kier molecular flexibility index (Phi) is 5.64. The molecule has 0 bridgehead atoms. The Hall–Kier alpha value is -4.47. The maximum atomic E-state index is 5.14. The first kappa shape index (κ1) is 22.7. The van der Waals surface area contributed by atoms with Crippen molar-refractivity contribution in [2.24, 2.45) is 0 Å². The normalized spacial score (nSPS) is 11.3. The summed E-state index contributed by atoms with van der Waals surface area (Å²) in [6, 6.07) is 49.0. The van der Waals surface area contributed by atoms with Crippen LogP contribution in [-0.4, -0.2) is 9.55 Å². The van der Waals surface area contributed by atoms with E-state index in [4.69, 9.17) is 4.98 Å². The first-order valence-electron chi connectivity index (χ1n) is 12.7. The van der Waals surface area contributed by atoms with Gasteiger partial charge in [-0.05, 0) is 53.6 Å². The summed E-state index contributed by atoms with van der Waals surface area (Å²) >= 11 is 3.79. The van der Waals surface area contributed by atoms with Crippen molar-refractivity contribution < 1.29 is 0 Å². The molecule has 2 heterocycles. The van der Waals surface area contributed by atoms with Gasteiger partial charge < -0.3 is 4.57 Å². The van der Waals surface area contributed by atoms with Crippen LogP contribution < -0.4 is 0 Å². The molecule has 7 aromatic rings. The quantitative estimate of drug-likeness (QED) is 0.213. The van der Waals surface area contributed by atoms with Gasteiger partial charge in [-0.2, -0.15) is 0 Å². The zero-order chi connectivity index (χ0) is 25.5. The van der Waals surface area contributed by atoms with Gasteiger partial charge >= 0.3 is 0 Å². The summed E-state index contributed by atoms with van der Waals surface area (Å²) in [6.45, 7) is 0. The van der Waals surface area contributed by atoms with E-state index in [1.54, 1.807) is 0 Å². The summed E-state index contributed by atoms with van der Waals surface area (Å²) in [5.41, 5.74) is 9.91. The van der Waals surface area contributed by atoms with Crippen LogP contribution in [0.5, 0.6) is 0 Å². The minimum Gasteiger partial charge on any atom is -0.309 e. The minimum absolute atomic E-state index is 0.953. The van der Waals surface area contributed by atoms with Crippen LogP contribution >= 0.6 is 15.9 Å². The lowest BCUT2D eigenvalue weighted by Crippen LogP contribution is -1.96. The van der Waals surface area contributed by atoms with E-state index < -0.39 is 0 Å². The first-order valence-corrected chi connectivity index (χ1v) is 13.5. The molecule has 0 radical (unpaired) electrons. The third-order valence-electron chi connectivity index (χ3n) is 7.05. The molecule has 5 aromatic carbocycles.